The fraction of sp³-hybridized carbons (Fsp3) is 0.375. The van der Waals surface area contributed by atoms with Gasteiger partial charge in [-0.3, -0.25) is 0 Å². The summed E-state index contributed by atoms with van der Waals surface area (Å²) in [4.78, 5) is 25.3. The molecule has 2 amide bonds. The van der Waals surface area contributed by atoms with Crippen LogP contribution < -0.4 is 5.32 Å². The molecule has 21 heavy (non-hydrogen) atoms. The lowest BCUT2D eigenvalue weighted by atomic mass is 9.94. The Morgan fingerprint density at radius 1 is 1.14 bits per heavy atom. The third-order valence-corrected chi connectivity index (χ3v) is 4.13. The van der Waals surface area contributed by atoms with Crippen LogP contribution in [0.25, 0.3) is 0 Å². The highest BCUT2D eigenvalue weighted by Gasteiger charge is 2.35. The number of benzene rings is 1. The van der Waals surface area contributed by atoms with Gasteiger partial charge in [-0.1, -0.05) is 36.4 Å². The predicted molar refractivity (Wildman–Crippen MR) is 77.8 cm³/mol. The van der Waals surface area contributed by atoms with Crippen LogP contribution in [0.2, 0.25) is 0 Å². The van der Waals surface area contributed by atoms with Gasteiger partial charge in [0.2, 0.25) is 0 Å². The molecule has 1 aliphatic heterocycles. The van der Waals surface area contributed by atoms with Crippen LogP contribution in [0.15, 0.2) is 36.4 Å². The lowest BCUT2D eigenvalue weighted by molar-refractivity contribution is -0.142. The minimum Gasteiger partial charge on any atom is -0.480 e. The summed E-state index contributed by atoms with van der Waals surface area (Å²) >= 11 is 0. The van der Waals surface area contributed by atoms with E-state index < -0.39 is 12.0 Å². The summed E-state index contributed by atoms with van der Waals surface area (Å²) in [7, 11) is 0. The average molecular weight is 286 g/mol. The summed E-state index contributed by atoms with van der Waals surface area (Å²) < 4.78 is 0. The third-order valence-electron chi connectivity index (χ3n) is 4.13. The second-order valence-corrected chi connectivity index (χ2v) is 5.54. The molecule has 0 unspecified atom stereocenters. The van der Waals surface area contributed by atoms with Crippen LogP contribution in [0.4, 0.5) is 4.79 Å². The highest BCUT2D eigenvalue weighted by Crippen LogP contribution is 2.24. The van der Waals surface area contributed by atoms with E-state index in [-0.39, 0.29) is 12.1 Å². The van der Waals surface area contributed by atoms with Gasteiger partial charge in [-0.25, -0.2) is 9.59 Å². The van der Waals surface area contributed by atoms with Gasteiger partial charge in [0.05, 0.1) is 0 Å². The van der Waals surface area contributed by atoms with Crippen LogP contribution in [0.5, 0.6) is 0 Å². The molecule has 3 rings (SSSR count). The molecule has 0 saturated carbocycles. The number of fused-ring (bicyclic) bond motifs is 1. The van der Waals surface area contributed by atoms with Gasteiger partial charge < -0.3 is 15.3 Å². The number of hydrogen-bond acceptors (Lipinski definition) is 2. The first-order valence-electron chi connectivity index (χ1n) is 7.17. The van der Waals surface area contributed by atoms with E-state index in [1.807, 2.05) is 36.4 Å². The molecule has 1 aromatic rings. The molecule has 2 aliphatic rings. The van der Waals surface area contributed by atoms with Crippen molar-refractivity contribution in [2.24, 2.45) is 0 Å². The Bertz CT molecular complexity index is 589. The lowest BCUT2D eigenvalue weighted by Gasteiger charge is -2.35. The molecule has 0 radical (unpaired) electrons. The zero-order valence-electron chi connectivity index (χ0n) is 11.7. The molecule has 0 spiro atoms. The maximum Gasteiger partial charge on any atom is 0.326 e. The third kappa shape index (κ3) is 2.77. The summed E-state index contributed by atoms with van der Waals surface area (Å²) in [5.41, 5.74) is 2.03. The van der Waals surface area contributed by atoms with Gasteiger partial charge in [0.25, 0.3) is 0 Å². The van der Waals surface area contributed by atoms with E-state index in [0.717, 1.165) is 24.0 Å². The molecule has 5 heteroatoms. The largest absolute Gasteiger partial charge is 0.480 e. The van der Waals surface area contributed by atoms with Crippen LogP contribution >= 0.6 is 0 Å². The normalized spacial score (nSPS) is 21.1. The van der Waals surface area contributed by atoms with Crippen molar-refractivity contribution in [3.05, 3.63) is 47.5 Å². The van der Waals surface area contributed by atoms with Gasteiger partial charge in [0, 0.05) is 19.0 Å². The van der Waals surface area contributed by atoms with E-state index in [4.69, 9.17) is 0 Å². The fourth-order valence-electron chi connectivity index (χ4n) is 2.95. The van der Waals surface area contributed by atoms with E-state index >= 15 is 0 Å². The second-order valence-electron chi connectivity index (χ2n) is 5.54. The Morgan fingerprint density at radius 3 is 2.48 bits per heavy atom. The molecule has 0 fully saturated rings. The number of carbonyl (C=O) groups excluding carboxylic acids is 1. The van der Waals surface area contributed by atoms with Crippen LogP contribution in [0.3, 0.4) is 0 Å². The fourth-order valence-corrected chi connectivity index (χ4v) is 2.95. The van der Waals surface area contributed by atoms with E-state index in [0.29, 0.717) is 13.0 Å². The number of rotatable bonds is 2. The first-order valence-corrected chi connectivity index (χ1v) is 7.17. The number of aliphatic carboxylic acids is 1. The highest BCUT2D eigenvalue weighted by atomic mass is 16.4. The first kappa shape index (κ1) is 13.7. The van der Waals surface area contributed by atoms with Crippen LogP contribution in [-0.4, -0.2) is 34.1 Å². The summed E-state index contributed by atoms with van der Waals surface area (Å²) in [5, 5.41) is 12.3. The number of carboxylic acids is 1. The lowest BCUT2D eigenvalue weighted by Crippen LogP contribution is -2.53. The minimum absolute atomic E-state index is 0.0871. The monoisotopic (exact) mass is 286 g/mol. The molecule has 110 valence electrons. The van der Waals surface area contributed by atoms with Crippen molar-refractivity contribution in [1.29, 1.82) is 0 Å². The molecule has 1 atom stereocenters. The van der Waals surface area contributed by atoms with Crippen molar-refractivity contribution in [2.75, 3.05) is 0 Å². The number of carbonyl (C=O) groups is 2. The van der Waals surface area contributed by atoms with Crippen LogP contribution in [-0.2, 0) is 17.8 Å². The average Bonchev–Trinajstić information content (AvgIpc) is 2.98. The van der Waals surface area contributed by atoms with Crippen molar-refractivity contribution in [3.8, 4) is 0 Å². The molecule has 0 bridgehead atoms. The number of hydrogen-bond donors (Lipinski definition) is 2. The van der Waals surface area contributed by atoms with Gasteiger partial charge in [0.1, 0.15) is 6.04 Å². The van der Waals surface area contributed by atoms with E-state index in [1.54, 1.807) is 0 Å². The molecule has 1 aliphatic carbocycles. The Balaban J connectivity index is 1.78. The molecule has 5 nitrogen and oxygen atoms in total. The molecule has 1 aromatic carbocycles. The summed E-state index contributed by atoms with van der Waals surface area (Å²) in [5.74, 6) is -0.954. The van der Waals surface area contributed by atoms with Crippen LogP contribution in [0, 0.1) is 0 Å². The van der Waals surface area contributed by atoms with Crippen molar-refractivity contribution in [1.82, 2.24) is 10.2 Å². The van der Waals surface area contributed by atoms with Crippen molar-refractivity contribution in [2.45, 2.75) is 37.9 Å². The van der Waals surface area contributed by atoms with Crippen molar-refractivity contribution < 1.29 is 14.7 Å². The molecular weight excluding hydrogens is 268 g/mol. The SMILES string of the molecule is O=C(O)[C@H]1Cc2ccccc2CN1C(=O)NC1CC=CC1. The molecule has 0 saturated heterocycles. The van der Waals surface area contributed by atoms with E-state index in [2.05, 4.69) is 5.32 Å². The smallest absolute Gasteiger partial charge is 0.326 e. The zero-order valence-corrected chi connectivity index (χ0v) is 11.7. The van der Waals surface area contributed by atoms with Gasteiger partial charge in [-0.15, -0.1) is 0 Å². The Hall–Kier alpha value is -2.30. The summed E-state index contributed by atoms with van der Waals surface area (Å²) in [6.07, 6.45) is 6.06. The van der Waals surface area contributed by atoms with Crippen LogP contribution in [0.1, 0.15) is 24.0 Å². The highest BCUT2D eigenvalue weighted by molar-refractivity contribution is 5.83. The molecular formula is C16H18N2O3. The summed E-state index contributed by atoms with van der Waals surface area (Å²) in [6.45, 7) is 0.346. The van der Waals surface area contributed by atoms with E-state index in [1.165, 1.54) is 4.90 Å². The quantitative estimate of drug-likeness (QED) is 0.816. The maximum absolute atomic E-state index is 12.4. The standard InChI is InChI=1S/C16H18N2O3/c19-15(20)14-9-11-5-1-2-6-12(11)10-18(14)16(21)17-13-7-3-4-8-13/h1-6,13-14H,7-10H2,(H,17,21)(H,19,20)/t14-/m1/s1. The van der Waals surface area contributed by atoms with E-state index in [9.17, 15) is 14.7 Å². The second kappa shape index (κ2) is 5.60. The number of urea groups is 1. The Morgan fingerprint density at radius 2 is 1.81 bits per heavy atom. The minimum atomic E-state index is -0.954. The summed E-state index contributed by atoms with van der Waals surface area (Å²) in [6, 6.07) is 6.70. The maximum atomic E-state index is 12.4. The predicted octanol–water partition coefficient (Wildman–Crippen LogP) is 1.93. The van der Waals surface area contributed by atoms with Gasteiger partial charge >= 0.3 is 12.0 Å². The van der Waals surface area contributed by atoms with Crippen molar-refractivity contribution >= 4 is 12.0 Å². The van der Waals surface area contributed by atoms with Gasteiger partial charge in [0.15, 0.2) is 0 Å². The number of amides is 2. The molecule has 1 heterocycles. The number of nitrogens with one attached hydrogen (secondary N) is 1. The topological polar surface area (TPSA) is 69.6 Å². The van der Waals surface area contributed by atoms with Gasteiger partial charge in [-0.05, 0) is 24.0 Å². The zero-order chi connectivity index (χ0) is 14.8. The van der Waals surface area contributed by atoms with Gasteiger partial charge in [-0.2, -0.15) is 0 Å². The number of carboxylic acid groups (broad SMARTS) is 1. The molecule has 0 aromatic heterocycles. The molecule has 2 N–H and O–H groups in total. The Kier molecular flexibility index (Phi) is 3.64. The first-order chi connectivity index (χ1) is 10.1. The number of nitrogens with zero attached hydrogens (tertiary/aromatic N) is 1. The van der Waals surface area contributed by atoms with Crippen molar-refractivity contribution in [3.63, 3.8) is 0 Å². The Labute approximate surface area is 123 Å².